The van der Waals surface area contributed by atoms with E-state index in [9.17, 15) is 50.7 Å². The second-order valence-electron chi connectivity index (χ2n) is 30.2. The van der Waals surface area contributed by atoms with Crippen LogP contribution in [0, 0.1) is 67.6 Å². The Morgan fingerprint density at radius 1 is 0.403 bits per heavy atom. The van der Waals surface area contributed by atoms with Crippen LogP contribution >= 0.6 is 11.6 Å². The lowest BCUT2D eigenvalue weighted by atomic mass is 9.99. The summed E-state index contributed by atoms with van der Waals surface area (Å²) in [7, 11) is 0. The first-order chi connectivity index (χ1) is 57.0. The number of rotatable bonds is 24. The molecule has 0 fully saturated rings. The lowest BCUT2D eigenvalue weighted by Gasteiger charge is -2.35. The van der Waals surface area contributed by atoms with E-state index < -0.39 is 75.7 Å². The number of hydrogen-bond acceptors (Lipinski definition) is 16. The van der Waals surface area contributed by atoms with Gasteiger partial charge in [0.2, 0.25) is 16.7 Å². The van der Waals surface area contributed by atoms with Gasteiger partial charge >= 0.3 is 0 Å². The molecule has 3 atom stereocenters. The second-order valence-corrected chi connectivity index (χ2v) is 30.6. The number of nitrogens with two attached hydrogens (primary N) is 3. The van der Waals surface area contributed by atoms with Crippen molar-refractivity contribution in [1.29, 1.82) is 0 Å². The van der Waals surface area contributed by atoms with Crippen LogP contribution in [0.5, 0.6) is 0 Å². The molecule has 8 aromatic carbocycles. The molecule has 15 aromatic rings. The standard InChI is InChI=1S/C31H30F2N4O3.C31H31FN4O3.C29H27ClF2N4O4/c1-18(2)27(36(14-13-34)30(38)21-10-9-19(3)24(33)15-21)29-35-26-23-16-22(32)11-12-25(23)40-28(26)31(39)37(29)17-20-7-5-4-6-8-20;1-19(2)27(35(16-15-33)30(37)22-11-9-20(3)10-12-22)29-34-26-24-17-23(32)13-14-25(24)39-28(26)31(38)36(29)18-21-7-5-4-6-8-21;1-15(2)25(35(11-10-33)28(37)17-5-4-16(3)21(32)12-17)27-34-24-20-13-18(31)6-8-22(20)40-26(24)29(38)36(27)14-19-7-9-23(30)39-19/h4-12,15-16,18,27H,13-14,17,34H2,1-3H3;4-14,17,19,27H,15-16,18,33H2,1-3H3;4-9,12-13,15,25H,10-11,14,33H2,1-3H3/t2*27-;25-/m111/s1. The highest BCUT2D eigenvalue weighted by Gasteiger charge is 2.38. The first-order valence-electron chi connectivity index (χ1n) is 38.9. The number of carbonyl (C=O) groups excluding carboxylic acids is 3. The Hall–Kier alpha value is -12.7. The molecule has 0 radical (unpaired) electrons. The van der Waals surface area contributed by atoms with E-state index >= 15 is 0 Å². The molecule has 0 unspecified atom stereocenters. The van der Waals surface area contributed by atoms with E-state index in [2.05, 4.69) is 0 Å². The van der Waals surface area contributed by atoms with Crippen LogP contribution in [0.1, 0.15) is 142 Å². The monoisotopic (exact) mass is 1640 g/mol. The van der Waals surface area contributed by atoms with Crippen molar-refractivity contribution >= 4 is 95.5 Å². The maximum atomic E-state index is 14.5. The van der Waals surface area contributed by atoms with Gasteiger partial charge in [-0.25, -0.2) is 36.9 Å². The average molecular weight is 1640 g/mol. The Bertz CT molecular complexity index is 6480. The lowest BCUT2D eigenvalue weighted by molar-refractivity contribution is 0.0606. The first kappa shape index (κ1) is 84.2. The molecule has 7 heterocycles. The maximum absolute atomic E-state index is 14.5. The largest absolute Gasteiger partial charge is 0.448 e. The van der Waals surface area contributed by atoms with Crippen molar-refractivity contribution in [2.24, 2.45) is 35.0 Å². The molecule has 28 heteroatoms. The van der Waals surface area contributed by atoms with Crippen molar-refractivity contribution in [3.63, 3.8) is 0 Å². The van der Waals surface area contributed by atoms with Crippen LogP contribution in [0.25, 0.3) is 66.2 Å². The van der Waals surface area contributed by atoms with Crippen molar-refractivity contribution in [3.05, 3.63) is 321 Å². The molecule has 0 aliphatic carbocycles. The molecule has 0 spiro atoms. The summed E-state index contributed by atoms with van der Waals surface area (Å²) >= 11 is 5.99. The van der Waals surface area contributed by atoms with Crippen molar-refractivity contribution in [1.82, 2.24) is 43.4 Å². The van der Waals surface area contributed by atoms with E-state index in [1.807, 2.05) is 121 Å². The number of aryl methyl sites for hydroxylation is 3. The highest BCUT2D eigenvalue weighted by Crippen LogP contribution is 2.38. The zero-order valence-electron chi connectivity index (χ0n) is 66.8. The second kappa shape index (κ2) is 36.0. The van der Waals surface area contributed by atoms with Gasteiger partial charge in [0.05, 0.1) is 37.8 Å². The smallest absolute Gasteiger partial charge is 0.297 e. The van der Waals surface area contributed by atoms with Gasteiger partial charge in [-0.3, -0.25) is 42.5 Å². The minimum Gasteiger partial charge on any atom is -0.448 e. The molecule has 6 N–H and O–H groups in total. The Morgan fingerprint density at radius 2 is 0.731 bits per heavy atom. The van der Waals surface area contributed by atoms with Crippen LogP contribution in [0.2, 0.25) is 5.22 Å². The molecule has 0 bridgehead atoms. The highest BCUT2D eigenvalue weighted by molar-refractivity contribution is 6.28. The summed E-state index contributed by atoms with van der Waals surface area (Å²) in [6.07, 6.45) is 0. The molecule has 15 rings (SSSR count). The summed E-state index contributed by atoms with van der Waals surface area (Å²) in [4.78, 5) is 103. The summed E-state index contributed by atoms with van der Waals surface area (Å²) in [6, 6.07) is 47.9. The Morgan fingerprint density at radius 3 is 1.04 bits per heavy atom. The summed E-state index contributed by atoms with van der Waals surface area (Å²) < 4.78 is 99.0. The SMILES string of the molecule is Cc1ccc(C(=O)N(CCN)[C@@H](c2nc3c(oc4ccc(F)cc43)c(=O)n2Cc2ccc(Cl)o2)C(C)C)cc1F.Cc1ccc(C(=O)N(CCN)[C@@H](c2nc3c(oc4ccc(F)cc43)c(=O)n2Cc2ccccc2)C(C)C)cc1.Cc1ccc(C(=O)N(CCN)[C@@H](c2nc3c(oc4ccc(F)cc43)c(=O)n2Cc2ccccc2)C(C)C)cc1F. The Balaban J connectivity index is 0.000000155. The molecular weight excluding hydrogens is 1550 g/mol. The van der Waals surface area contributed by atoms with Gasteiger partial charge in [0.1, 0.15) is 85.6 Å². The van der Waals surface area contributed by atoms with E-state index in [0.717, 1.165) is 16.7 Å². The molecule has 7 aromatic heterocycles. The van der Waals surface area contributed by atoms with Crippen LogP contribution in [-0.4, -0.2) is 100 Å². The third kappa shape index (κ3) is 17.7. The van der Waals surface area contributed by atoms with Gasteiger partial charge in [0.25, 0.3) is 34.4 Å². The summed E-state index contributed by atoms with van der Waals surface area (Å²) in [5, 5.41) is 1.23. The number of nitrogens with zero attached hydrogens (tertiary/aromatic N) is 9. The van der Waals surface area contributed by atoms with E-state index in [-0.39, 0.29) is 144 Å². The molecule has 614 valence electrons. The minimum atomic E-state index is -0.790. The van der Waals surface area contributed by atoms with E-state index in [1.54, 1.807) is 65.8 Å². The number of hydrogen-bond donors (Lipinski definition) is 3. The van der Waals surface area contributed by atoms with Crippen LogP contribution in [0.3, 0.4) is 0 Å². The van der Waals surface area contributed by atoms with Gasteiger partial charge in [-0.2, -0.15) is 0 Å². The van der Waals surface area contributed by atoms with Crippen LogP contribution in [-0.2, 0) is 19.6 Å². The molecule has 0 aliphatic rings. The van der Waals surface area contributed by atoms with Gasteiger partial charge in [-0.05, 0) is 176 Å². The van der Waals surface area contributed by atoms with Gasteiger partial charge in [0.15, 0.2) is 5.22 Å². The van der Waals surface area contributed by atoms with Crippen LogP contribution in [0.15, 0.2) is 220 Å². The Kier molecular flexibility index (Phi) is 25.5. The fraction of sp³-hybridized carbons (Fsp3) is 0.264. The molecule has 119 heavy (non-hydrogen) atoms. The zero-order chi connectivity index (χ0) is 84.9. The maximum Gasteiger partial charge on any atom is 0.297 e. The molecule has 0 aliphatic heterocycles. The van der Waals surface area contributed by atoms with Crippen molar-refractivity contribution in [2.45, 2.75) is 100 Å². The Labute approximate surface area is 684 Å². The highest BCUT2D eigenvalue weighted by atomic mass is 35.5. The first-order valence-corrected chi connectivity index (χ1v) is 39.3. The van der Waals surface area contributed by atoms with Gasteiger partial charge < -0.3 is 49.6 Å². The number of benzene rings is 8. The number of furan rings is 4. The van der Waals surface area contributed by atoms with Crippen molar-refractivity contribution < 1.29 is 54.0 Å². The minimum absolute atomic E-state index is 0.0000873. The number of aromatic nitrogens is 6. The third-order valence-electron chi connectivity index (χ3n) is 20.7. The predicted octanol–water partition coefficient (Wildman–Crippen LogP) is 16.8. The fourth-order valence-corrected chi connectivity index (χ4v) is 15.1. The number of carbonyl (C=O) groups is 3. The average Bonchev–Trinajstić information content (AvgIpc) is 1.65. The summed E-state index contributed by atoms with van der Waals surface area (Å²) in [5.41, 5.74) is 22.5. The normalized spacial score (nSPS) is 12.4. The van der Waals surface area contributed by atoms with Crippen molar-refractivity contribution in [2.75, 3.05) is 39.3 Å². The molecule has 0 saturated carbocycles. The topological polar surface area (TPSA) is 296 Å². The predicted molar refractivity (Wildman–Crippen MR) is 448 cm³/mol. The molecule has 3 amide bonds. The zero-order valence-corrected chi connectivity index (χ0v) is 67.6. The van der Waals surface area contributed by atoms with E-state index in [0.29, 0.717) is 61.4 Å². The van der Waals surface area contributed by atoms with Gasteiger partial charge in [0, 0.05) is 72.1 Å². The lowest BCUT2D eigenvalue weighted by Crippen LogP contribution is -2.43. The van der Waals surface area contributed by atoms with E-state index in [4.69, 9.17) is 61.4 Å². The van der Waals surface area contributed by atoms with Crippen molar-refractivity contribution in [3.8, 4) is 0 Å². The van der Waals surface area contributed by atoms with Gasteiger partial charge in [-0.1, -0.05) is 132 Å². The molecular formula is C91H88ClF5N12O10. The summed E-state index contributed by atoms with van der Waals surface area (Å²) in [5.74, 6) is -2.96. The third-order valence-corrected chi connectivity index (χ3v) is 20.9. The fourth-order valence-electron chi connectivity index (χ4n) is 15.0. The van der Waals surface area contributed by atoms with Gasteiger partial charge in [-0.15, -0.1) is 0 Å². The van der Waals surface area contributed by atoms with E-state index in [1.165, 1.54) is 91.7 Å². The number of amides is 3. The van der Waals surface area contributed by atoms with Crippen LogP contribution in [0.4, 0.5) is 22.0 Å². The number of fused-ring (bicyclic) bond motifs is 9. The molecule has 22 nitrogen and oxygen atoms in total. The van der Waals surface area contributed by atoms with Crippen LogP contribution < -0.4 is 33.9 Å². The summed E-state index contributed by atoms with van der Waals surface area (Å²) in [6.45, 7) is 18.0. The molecule has 0 saturated heterocycles. The quantitative estimate of drug-likeness (QED) is 0.0474. The number of halogens is 6.